The Morgan fingerprint density at radius 3 is 2.75 bits per heavy atom. The lowest BCUT2D eigenvalue weighted by atomic mass is 9.93. The van der Waals surface area contributed by atoms with Gasteiger partial charge in [0.05, 0.1) is 5.92 Å². The van der Waals surface area contributed by atoms with E-state index in [-0.39, 0.29) is 11.8 Å². The van der Waals surface area contributed by atoms with Crippen LogP contribution in [0, 0.1) is 5.92 Å². The zero-order chi connectivity index (χ0) is 11.5. The van der Waals surface area contributed by atoms with Gasteiger partial charge >= 0.3 is 0 Å². The number of nitrogens with zero attached hydrogens (tertiary/aromatic N) is 1. The number of nitrogens with one attached hydrogen (secondary N) is 1. The normalized spacial score (nSPS) is 31.6. The highest BCUT2D eigenvalue weighted by Gasteiger charge is 2.28. The lowest BCUT2D eigenvalue weighted by molar-refractivity contribution is -0.123. The second-order valence-corrected chi connectivity index (χ2v) is 5.25. The SMILES string of the molecule is CC1CCC(C(N)=O)CN1CCNC1CC1. The van der Waals surface area contributed by atoms with Gasteiger partial charge in [-0.15, -0.1) is 0 Å². The average Bonchev–Trinajstić information content (AvgIpc) is 3.04. The van der Waals surface area contributed by atoms with E-state index in [4.69, 9.17) is 5.73 Å². The van der Waals surface area contributed by atoms with E-state index in [1.54, 1.807) is 0 Å². The lowest BCUT2D eigenvalue weighted by Crippen LogP contribution is -2.48. The smallest absolute Gasteiger partial charge is 0.221 e. The van der Waals surface area contributed by atoms with E-state index in [2.05, 4.69) is 17.1 Å². The number of primary amides is 1. The molecule has 4 heteroatoms. The molecule has 0 radical (unpaired) electrons. The van der Waals surface area contributed by atoms with Gasteiger partial charge in [-0.3, -0.25) is 9.69 Å². The first kappa shape index (κ1) is 11.9. The lowest BCUT2D eigenvalue weighted by Gasteiger charge is -2.36. The summed E-state index contributed by atoms with van der Waals surface area (Å²) in [6.07, 6.45) is 4.72. The topological polar surface area (TPSA) is 58.4 Å². The number of likely N-dealkylation sites (tertiary alicyclic amines) is 1. The van der Waals surface area contributed by atoms with Crippen LogP contribution in [-0.4, -0.2) is 42.5 Å². The fraction of sp³-hybridized carbons (Fsp3) is 0.917. The van der Waals surface area contributed by atoms with Crippen LogP contribution in [0.25, 0.3) is 0 Å². The Bertz CT molecular complexity index is 253. The van der Waals surface area contributed by atoms with Gasteiger partial charge in [0.2, 0.25) is 5.91 Å². The van der Waals surface area contributed by atoms with Gasteiger partial charge in [0.15, 0.2) is 0 Å². The molecule has 1 amide bonds. The minimum atomic E-state index is -0.132. The summed E-state index contributed by atoms with van der Waals surface area (Å²) in [4.78, 5) is 13.6. The van der Waals surface area contributed by atoms with Crippen molar-refractivity contribution in [1.82, 2.24) is 10.2 Å². The van der Waals surface area contributed by atoms with Crippen LogP contribution >= 0.6 is 0 Å². The van der Waals surface area contributed by atoms with E-state index in [0.717, 1.165) is 38.5 Å². The number of piperidine rings is 1. The molecule has 2 atom stereocenters. The third-order valence-corrected chi connectivity index (χ3v) is 3.82. The summed E-state index contributed by atoms with van der Waals surface area (Å²) >= 11 is 0. The molecule has 0 bridgehead atoms. The Hall–Kier alpha value is -0.610. The van der Waals surface area contributed by atoms with Crippen molar-refractivity contribution >= 4 is 5.91 Å². The largest absolute Gasteiger partial charge is 0.369 e. The quantitative estimate of drug-likeness (QED) is 0.708. The molecule has 1 aliphatic heterocycles. The summed E-state index contributed by atoms with van der Waals surface area (Å²) in [6, 6.07) is 1.36. The highest BCUT2D eigenvalue weighted by molar-refractivity contribution is 5.76. The molecule has 0 aromatic carbocycles. The summed E-state index contributed by atoms with van der Waals surface area (Å²) in [5, 5.41) is 3.51. The molecular weight excluding hydrogens is 202 g/mol. The molecule has 92 valence electrons. The molecule has 2 fully saturated rings. The molecule has 2 rings (SSSR count). The molecular formula is C12H23N3O. The van der Waals surface area contributed by atoms with Crippen LogP contribution in [0.15, 0.2) is 0 Å². The molecule has 0 aromatic heterocycles. The van der Waals surface area contributed by atoms with Crippen molar-refractivity contribution in [1.29, 1.82) is 0 Å². The molecule has 0 spiro atoms. The molecule has 1 aliphatic carbocycles. The molecule has 1 heterocycles. The second kappa shape index (κ2) is 5.15. The van der Waals surface area contributed by atoms with Crippen molar-refractivity contribution in [3.63, 3.8) is 0 Å². The van der Waals surface area contributed by atoms with Crippen LogP contribution in [0.5, 0.6) is 0 Å². The summed E-state index contributed by atoms with van der Waals surface area (Å²) < 4.78 is 0. The third kappa shape index (κ3) is 3.19. The van der Waals surface area contributed by atoms with Crippen molar-refractivity contribution < 1.29 is 4.79 Å². The van der Waals surface area contributed by atoms with Crippen LogP contribution in [0.2, 0.25) is 0 Å². The average molecular weight is 225 g/mol. The van der Waals surface area contributed by atoms with Crippen molar-refractivity contribution in [2.24, 2.45) is 11.7 Å². The van der Waals surface area contributed by atoms with Crippen molar-refractivity contribution in [2.45, 2.75) is 44.7 Å². The van der Waals surface area contributed by atoms with Crippen LogP contribution in [0.4, 0.5) is 0 Å². The fourth-order valence-corrected chi connectivity index (χ4v) is 2.42. The Balaban J connectivity index is 1.73. The standard InChI is InChI=1S/C12H23N3O/c1-9-2-3-10(12(13)16)8-15(9)7-6-14-11-4-5-11/h9-11,14H,2-8H2,1H3,(H2,13,16). The maximum Gasteiger partial charge on any atom is 0.221 e. The van der Waals surface area contributed by atoms with E-state index >= 15 is 0 Å². The van der Waals surface area contributed by atoms with Gasteiger partial charge in [0.1, 0.15) is 0 Å². The van der Waals surface area contributed by atoms with E-state index in [1.807, 2.05) is 0 Å². The van der Waals surface area contributed by atoms with Gasteiger partial charge in [-0.2, -0.15) is 0 Å². The van der Waals surface area contributed by atoms with E-state index in [0.29, 0.717) is 6.04 Å². The highest BCUT2D eigenvalue weighted by Crippen LogP contribution is 2.22. The number of rotatable bonds is 5. The predicted molar refractivity (Wildman–Crippen MR) is 64.0 cm³/mol. The Kier molecular flexibility index (Phi) is 3.82. The number of nitrogens with two attached hydrogens (primary N) is 1. The predicted octanol–water partition coefficient (Wildman–Crippen LogP) is 0.324. The zero-order valence-electron chi connectivity index (χ0n) is 10.1. The summed E-state index contributed by atoms with van der Waals surface area (Å²) in [5.74, 6) is -0.0656. The monoisotopic (exact) mass is 225 g/mol. The maximum absolute atomic E-state index is 11.2. The summed E-state index contributed by atoms with van der Waals surface area (Å²) in [5.41, 5.74) is 5.38. The number of carbonyl (C=O) groups excluding carboxylic acids is 1. The third-order valence-electron chi connectivity index (χ3n) is 3.82. The number of carbonyl (C=O) groups is 1. The van der Waals surface area contributed by atoms with Gasteiger partial charge in [-0.25, -0.2) is 0 Å². The number of hydrogen-bond donors (Lipinski definition) is 2. The fourth-order valence-electron chi connectivity index (χ4n) is 2.42. The van der Waals surface area contributed by atoms with Crippen LogP contribution in [-0.2, 0) is 4.79 Å². The molecule has 1 saturated carbocycles. The zero-order valence-corrected chi connectivity index (χ0v) is 10.1. The van der Waals surface area contributed by atoms with Gasteiger partial charge < -0.3 is 11.1 Å². The van der Waals surface area contributed by atoms with Crippen LogP contribution in [0.3, 0.4) is 0 Å². The second-order valence-electron chi connectivity index (χ2n) is 5.25. The summed E-state index contributed by atoms with van der Waals surface area (Å²) in [6.45, 7) is 5.18. The van der Waals surface area contributed by atoms with E-state index in [9.17, 15) is 4.79 Å². The maximum atomic E-state index is 11.2. The number of hydrogen-bond acceptors (Lipinski definition) is 3. The molecule has 3 N–H and O–H groups in total. The van der Waals surface area contributed by atoms with Crippen LogP contribution < -0.4 is 11.1 Å². The van der Waals surface area contributed by atoms with Crippen LogP contribution in [0.1, 0.15) is 32.6 Å². The molecule has 0 aromatic rings. The Morgan fingerprint density at radius 1 is 1.38 bits per heavy atom. The van der Waals surface area contributed by atoms with Crippen molar-refractivity contribution in [2.75, 3.05) is 19.6 Å². The van der Waals surface area contributed by atoms with E-state index < -0.39 is 0 Å². The summed E-state index contributed by atoms with van der Waals surface area (Å²) in [7, 11) is 0. The number of amides is 1. The van der Waals surface area contributed by atoms with Gasteiger partial charge in [-0.05, 0) is 32.6 Å². The molecule has 2 aliphatic rings. The van der Waals surface area contributed by atoms with Gasteiger partial charge in [0.25, 0.3) is 0 Å². The van der Waals surface area contributed by atoms with Crippen molar-refractivity contribution in [3.8, 4) is 0 Å². The van der Waals surface area contributed by atoms with Gasteiger partial charge in [0, 0.05) is 31.7 Å². The molecule has 1 saturated heterocycles. The Morgan fingerprint density at radius 2 is 2.12 bits per heavy atom. The first-order chi connectivity index (χ1) is 7.66. The first-order valence-corrected chi connectivity index (χ1v) is 6.43. The minimum Gasteiger partial charge on any atom is -0.369 e. The molecule has 16 heavy (non-hydrogen) atoms. The first-order valence-electron chi connectivity index (χ1n) is 6.43. The van der Waals surface area contributed by atoms with Crippen molar-refractivity contribution in [3.05, 3.63) is 0 Å². The highest BCUT2D eigenvalue weighted by atomic mass is 16.1. The molecule has 4 nitrogen and oxygen atoms in total. The minimum absolute atomic E-state index is 0.0668. The molecule has 2 unspecified atom stereocenters. The van der Waals surface area contributed by atoms with E-state index in [1.165, 1.54) is 12.8 Å². The van der Waals surface area contributed by atoms with Gasteiger partial charge in [-0.1, -0.05) is 0 Å². The Labute approximate surface area is 97.6 Å².